The first-order valence-electron chi connectivity index (χ1n) is 9.85. The van der Waals surface area contributed by atoms with Crippen molar-refractivity contribution in [3.05, 3.63) is 65.7 Å². The van der Waals surface area contributed by atoms with E-state index in [1.165, 1.54) is 11.1 Å². The van der Waals surface area contributed by atoms with E-state index in [0.29, 0.717) is 24.3 Å². The molecule has 1 N–H and O–H groups in total. The molecule has 0 unspecified atom stereocenters. The standard InChI is InChI=1S/C23H30N2O2/c1-18(20-8-4-3-5-9-20)17-25-21(11-12-23(25)26)13-14-24-16-19-7-6-10-22(15-19)27-2/h3-10,15,18,21,24H,11-14,16-17H2,1-2H3/t18-,21+/m0/s1. The van der Waals surface area contributed by atoms with Gasteiger partial charge in [0, 0.05) is 25.6 Å². The van der Waals surface area contributed by atoms with Gasteiger partial charge in [0.2, 0.25) is 5.91 Å². The summed E-state index contributed by atoms with van der Waals surface area (Å²) >= 11 is 0. The molecule has 144 valence electrons. The van der Waals surface area contributed by atoms with Crippen molar-refractivity contribution in [3.8, 4) is 5.75 Å². The first kappa shape index (κ1) is 19.4. The molecule has 2 aromatic rings. The Morgan fingerprint density at radius 1 is 1.19 bits per heavy atom. The highest BCUT2D eigenvalue weighted by atomic mass is 16.5. The Morgan fingerprint density at radius 3 is 2.78 bits per heavy atom. The van der Waals surface area contributed by atoms with Crippen molar-refractivity contribution in [2.45, 2.75) is 44.7 Å². The number of hydrogen-bond donors (Lipinski definition) is 1. The lowest BCUT2D eigenvalue weighted by atomic mass is 10.00. The van der Waals surface area contributed by atoms with E-state index in [9.17, 15) is 4.79 Å². The molecule has 0 aliphatic carbocycles. The number of rotatable bonds is 9. The summed E-state index contributed by atoms with van der Waals surface area (Å²) in [6.07, 6.45) is 2.65. The molecule has 0 aromatic heterocycles. The fourth-order valence-electron chi connectivity index (χ4n) is 3.81. The summed E-state index contributed by atoms with van der Waals surface area (Å²) in [5.41, 5.74) is 2.51. The third-order valence-corrected chi connectivity index (χ3v) is 5.41. The predicted octanol–water partition coefficient (Wildman–Crippen LogP) is 3.97. The number of amides is 1. The minimum absolute atomic E-state index is 0.301. The molecule has 1 heterocycles. The van der Waals surface area contributed by atoms with Gasteiger partial charge in [-0.05, 0) is 48.6 Å². The van der Waals surface area contributed by atoms with Gasteiger partial charge in [-0.2, -0.15) is 0 Å². The molecule has 1 fully saturated rings. The fourth-order valence-corrected chi connectivity index (χ4v) is 3.81. The van der Waals surface area contributed by atoms with E-state index in [0.717, 1.165) is 38.2 Å². The molecule has 1 amide bonds. The van der Waals surface area contributed by atoms with Crippen LogP contribution in [0.5, 0.6) is 5.75 Å². The molecule has 4 heteroatoms. The molecule has 2 atom stereocenters. The zero-order chi connectivity index (χ0) is 19.1. The van der Waals surface area contributed by atoms with Crippen LogP contribution in [-0.2, 0) is 11.3 Å². The summed E-state index contributed by atoms with van der Waals surface area (Å²) in [6.45, 7) is 4.74. The first-order valence-corrected chi connectivity index (χ1v) is 9.85. The number of carbonyl (C=O) groups excluding carboxylic acids is 1. The monoisotopic (exact) mass is 366 g/mol. The van der Waals surface area contributed by atoms with Crippen LogP contribution in [0, 0.1) is 0 Å². The predicted molar refractivity (Wildman–Crippen MR) is 109 cm³/mol. The highest BCUT2D eigenvalue weighted by molar-refractivity contribution is 5.78. The minimum atomic E-state index is 0.301. The topological polar surface area (TPSA) is 41.6 Å². The van der Waals surface area contributed by atoms with E-state index in [-0.39, 0.29) is 0 Å². The molecule has 3 rings (SSSR count). The molecular weight excluding hydrogens is 336 g/mol. The Kier molecular flexibility index (Phi) is 6.88. The fraction of sp³-hybridized carbons (Fsp3) is 0.435. The van der Waals surface area contributed by atoms with Crippen molar-refractivity contribution in [2.24, 2.45) is 0 Å². The number of ether oxygens (including phenoxy) is 1. The molecule has 0 bridgehead atoms. The Bertz CT molecular complexity index is 732. The lowest BCUT2D eigenvalue weighted by molar-refractivity contribution is -0.129. The number of likely N-dealkylation sites (tertiary alicyclic amines) is 1. The number of methoxy groups -OCH3 is 1. The molecule has 0 saturated carbocycles. The van der Waals surface area contributed by atoms with Crippen LogP contribution in [0.1, 0.15) is 43.2 Å². The first-order chi connectivity index (χ1) is 13.2. The van der Waals surface area contributed by atoms with Crippen LogP contribution in [0.15, 0.2) is 54.6 Å². The largest absolute Gasteiger partial charge is 0.497 e. The summed E-state index contributed by atoms with van der Waals surface area (Å²) < 4.78 is 5.27. The van der Waals surface area contributed by atoms with Gasteiger partial charge in [0.15, 0.2) is 0 Å². The van der Waals surface area contributed by atoms with Gasteiger partial charge in [0.25, 0.3) is 0 Å². The normalized spacial score (nSPS) is 17.9. The molecule has 27 heavy (non-hydrogen) atoms. The average molecular weight is 367 g/mol. The lowest BCUT2D eigenvalue weighted by Gasteiger charge is -2.28. The van der Waals surface area contributed by atoms with Crippen LogP contribution in [0.4, 0.5) is 0 Å². The number of nitrogens with zero attached hydrogens (tertiary/aromatic N) is 1. The SMILES string of the molecule is COc1cccc(CNCC[C@H]2CCC(=O)N2C[C@H](C)c2ccccc2)c1. The highest BCUT2D eigenvalue weighted by Crippen LogP contribution is 2.25. The molecule has 1 aliphatic rings. The number of benzene rings is 2. The Balaban J connectivity index is 1.47. The summed E-state index contributed by atoms with van der Waals surface area (Å²) in [5.74, 6) is 1.55. The maximum absolute atomic E-state index is 12.4. The smallest absolute Gasteiger partial charge is 0.222 e. The zero-order valence-electron chi connectivity index (χ0n) is 16.4. The van der Waals surface area contributed by atoms with Gasteiger partial charge in [-0.15, -0.1) is 0 Å². The Morgan fingerprint density at radius 2 is 2.00 bits per heavy atom. The summed E-state index contributed by atoms with van der Waals surface area (Å²) in [7, 11) is 1.69. The maximum Gasteiger partial charge on any atom is 0.222 e. The lowest BCUT2D eigenvalue weighted by Crippen LogP contribution is -2.37. The van der Waals surface area contributed by atoms with Gasteiger partial charge < -0.3 is 15.0 Å². The van der Waals surface area contributed by atoms with Crippen molar-refractivity contribution >= 4 is 5.91 Å². The summed E-state index contributed by atoms with van der Waals surface area (Å²) in [5, 5.41) is 3.51. The second kappa shape index (κ2) is 9.56. The van der Waals surface area contributed by atoms with Crippen molar-refractivity contribution in [1.29, 1.82) is 0 Å². The summed E-state index contributed by atoms with van der Waals surface area (Å²) in [4.78, 5) is 14.5. The van der Waals surface area contributed by atoms with Gasteiger partial charge in [-0.1, -0.05) is 49.4 Å². The van der Waals surface area contributed by atoms with Crippen LogP contribution in [0.3, 0.4) is 0 Å². The Hall–Kier alpha value is -2.33. The van der Waals surface area contributed by atoms with Crippen LogP contribution in [-0.4, -0.2) is 37.0 Å². The van der Waals surface area contributed by atoms with Gasteiger partial charge >= 0.3 is 0 Å². The molecule has 4 nitrogen and oxygen atoms in total. The van der Waals surface area contributed by atoms with Crippen LogP contribution in [0.25, 0.3) is 0 Å². The van der Waals surface area contributed by atoms with Crippen molar-refractivity contribution in [2.75, 3.05) is 20.2 Å². The number of hydrogen-bond acceptors (Lipinski definition) is 3. The van der Waals surface area contributed by atoms with E-state index >= 15 is 0 Å². The van der Waals surface area contributed by atoms with Gasteiger partial charge in [0.1, 0.15) is 5.75 Å². The number of carbonyl (C=O) groups is 1. The van der Waals surface area contributed by atoms with Crippen molar-refractivity contribution in [1.82, 2.24) is 10.2 Å². The molecular formula is C23H30N2O2. The van der Waals surface area contributed by atoms with E-state index in [1.54, 1.807) is 7.11 Å². The van der Waals surface area contributed by atoms with Gasteiger partial charge in [-0.25, -0.2) is 0 Å². The zero-order valence-corrected chi connectivity index (χ0v) is 16.4. The number of nitrogens with one attached hydrogen (secondary N) is 1. The van der Waals surface area contributed by atoms with Crippen LogP contribution >= 0.6 is 0 Å². The average Bonchev–Trinajstić information content (AvgIpc) is 3.05. The molecule has 1 aliphatic heterocycles. The minimum Gasteiger partial charge on any atom is -0.497 e. The second-order valence-electron chi connectivity index (χ2n) is 7.37. The van der Waals surface area contributed by atoms with Crippen molar-refractivity contribution in [3.63, 3.8) is 0 Å². The maximum atomic E-state index is 12.4. The Labute approximate surface area is 162 Å². The van der Waals surface area contributed by atoms with E-state index in [1.807, 2.05) is 18.2 Å². The van der Waals surface area contributed by atoms with Crippen LogP contribution < -0.4 is 10.1 Å². The quantitative estimate of drug-likeness (QED) is 0.683. The second-order valence-corrected chi connectivity index (χ2v) is 7.37. The van der Waals surface area contributed by atoms with E-state index < -0.39 is 0 Å². The summed E-state index contributed by atoms with van der Waals surface area (Å²) in [6, 6.07) is 18.9. The van der Waals surface area contributed by atoms with Crippen molar-refractivity contribution < 1.29 is 9.53 Å². The van der Waals surface area contributed by atoms with Gasteiger partial charge in [-0.3, -0.25) is 4.79 Å². The van der Waals surface area contributed by atoms with E-state index in [2.05, 4.69) is 53.5 Å². The van der Waals surface area contributed by atoms with E-state index in [4.69, 9.17) is 4.74 Å². The molecule has 1 saturated heterocycles. The van der Waals surface area contributed by atoms with Crippen LogP contribution in [0.2, 0.25) is 0 Å². The third-order valence-electron chi connectivity index (χ3n) is 5.41. The highest BCUT2D eigenvalue weighted by Gasteiger charge is 2.31. The third kappa shape index (κ3) is 5.33. The molecule has 2 aromatic carbocycles. The molecule has 0 radical (unpaired) electrons. The van der Waals surface area contributed by atoms with Gasteiger partial charge in [0.05, 0.1) is 7.11 Å². The molecule has 0 spiro atoms.